The molecule has 1 rings (SSSR count). The molecule has 130 valence electrons. The maximum atomic E-state index is 11.5. The molecule has 6 nitrogen and oxygen atoms in total. The summed E-state index contributed by atoms with van der Waals surface area (Å²) in [4.78, 5) is 11.4. The van der Waals surface area contributed by atoms with E-state index in [0.717, 1.165) is 5.56 Å². The Balaban J connectivity index is 2.48. The summed E-state index contributed by atoms with van der Waals surface area (Å²) in [7, 11) is -4.22. The topological polar surface area (TPSA) is 92.7 Å². The Bertz CT molecular complexity index is 647. The summed E-state index contributed by atoms with van der Waals surface area (Å²) < 4.78 is 37.1. The lowest BCUT2D eigenvalue weighted by Gasteiger charge is -2.19. The molecule has 0 unspecified atom stereocenters. The molecule has 0 radical (unpaired) electrons. The number of amides is 1. The lowest BCUT2D eigenvalue weighted by molar-refractivity contribution is 0.0527. The zero-order valence-corrected chi connectivity index (χ0v) is 14.9. The molecule has 0 aromatic heterocycles. The maximum absolute atomic E-state index is 11.5. The van der Waals surface area contributed by atoms with Crippen molar-refractivity contribution in [2.45, 2.75) is 57.5 Å². The van der Waals surface area contributed by atoms with Crippen molar-refractivity contribution in [3.05, 3.63) is 29.3 Å². The van der Waals surface area contributed by atoms with E-state index in [1.54, 1.807) is 32.9 Å². The second-order valence-electron chi connectivity index (χ2n) is 6.47. The van der Waals surface area contributed by atoms with Crippen LogP contribution in [0.2, 0.25) is 0 Å². The molecular formula is C16H25NO5S. The van der Waals surface area contributed by atoms with Crippen molar-refractivity contribution < 1.29 is 22.5 Å². The van der Waals surface area contributed by atoms with Crippen molar-refractivity contribution in [2.24, 2.45) is 0 Å². The number of unbranched alkanes of at least 4 members (excludes halogenated alkanes) is 1. The molecule has 2 N–H and O–H groups in total. The van der Waals surface area contributed by atoms with Crippen LogP contribution in [0.1, 0.15) is 44.7 Å². The van der Waals surface area contributed by atoms with Crippen molar-refractivity contribution in [1.82, 2.24) is 5.32 Å². The van der Waals surface area contributed by atoms with Gasteiger partial charge < -0.3 is 10.1 Å². The van der Waals surface area contributed by atoms with Gasteiger partial charge in [0.15, 0.2) is 0 Å². The Labute approximate surface area is 138 Å². The first-order chi connectivity index (χ1) is 10.5. The van der Waals surface area contributed by atoms with E-state index in [1.807, 2.05) is 6.92 Å². The number of rotatable bonds is 6. The Kier molecular flexibility index (Phi) is 6.58. The molecular weight excluding hydrogens is 318 g/mol. The van der Waals surface area contributed by atoms with Gasteiger partial charge >= 0.3 is 6.09 Å². The normalized spacial score (nSPS) is 12.0. The van der Waals surface area contributed by atoms with Crippen LogP contribution in [0.4, 0.5) is 4.79 Å². The lowest BCUT2D eigenvalue weighted by atomic mass is 10.1. The van der Waals surface area contributed by atoms with E-state index in [9.17, 15) is 17.8 Å². The molecule has 0 heterocycles. The van der Waals surface area contributed by atoms with E-state index >= 15 is 0 Å². The van der Waals surface area contributed by atoms with Crippen LogP contribution >= 0.6 is 0 Å². The molecule has 0 saturated heterocycles. The molecule has 1 aromatic rings. The highest BCUT2D eigenvalue weighted by Gasteiger charge is 2.16. The number of benzene rings is 1. The van der Waals surface area contributed by atoms with Gasteiger partial charge in [0.1, 0.15) is 5.60 Å². The van der Waals surface area contributed by atoms with Crippen LogP contribution in [0, 0.1) is 6.92 Å². The van der Waals surface area contributed by atoms with E-state index in [0.29, 0.717) is 31.4 Å². The molecule has 0 fully saturated rings. The van der Waals surface area contributed by atoms with Crippen LogP contribution in [0.25, 0.3) is 0 Å². The molecule has 0 saturated carbocycles. The van der Waals surface area contributed by atoms with Crippen molar-refractivity contribution >= 4 is 16.2 Å². The van der Waals surface area contributed by atoms with Gasteiger partial charge in [-0.3, -0.25) is 4.55 Å². The fraction of sp³-hybridized carbons (Fsp3) is 0.562. The van der Waals surface area contributed by atoms with E-state index in [1.165, 1.54) is 6.07 Å². The summed E-state index contributed by atoms with van der Waals surface area (Å²) in [5.41, 5.74) is 0.986. The van der Waals surface area contributed by atoms with Gasteiger partial charge in [-0.1, -0.05) is 17.7 Å². The minimum Gasteiger partial charge on any atom is -0.444 e. The zero-order chi connectivity index (χ0) is 17.7. The fourth-order valence-corrected chi connectivity index (χ4v) is 2.83. The van der Waals surface area contributed by atoms with Gasteiger partial charge in [-0.15, -0.1) is 0 Å². The van der Waals surface area contributed by atoms with Crippen molar-refractivity contribution in [1.29, 1.82) is 0 Å². The predicted octanol–water partition coefficient (Wildman–Crippen LogP) is 3.09. The second-order valence-corrected chi connectivity index (χ2v) is 7.86. The highest BCUT2D eigenvalue weighted by atomic mass is 32.2. The van der Waals surface area contributed by atoms with Crippen molar-refractivity contribution in [3.63, 3.8) is 0 Å². The summed E-state index contributed by atoms with van der Waals surface area (Å²) in [6.07, 6.45) is 1.40. The van der Waals surface area contributed by atoms with Crippen molar-refractivity contribution in [2.75, 3.05) is 6.54 Å². The predicted molar refractivity (Wildman–Crippen MR) is 88.2 cm³/mol. The molecule has 0 atom stereocenters. The third-order valence-corrected chi connectivity index (χ3v) is 3.99. The summed E-state index contributed by atoms with van der Waals surface area (Å²) in [6, 6.07) is 4.82. The first kappa shape index (κ1) is 19.4. The third kappa shape index (κ3) is 7.47. The van der Waals surface area contributed by atoms with Gasteiger partial charge in [-0.05, 0) is 58.6 Å². The van der Waals surface area contributed by atoms with Crippen LogP contribution < -0.4 is 5.32 Å². The zero-order valence-electron chi connectivity index (χ0n) is 14.0. The van der Waals surface area contributed by atoms with Crippen LogP contribution in [-0.4, -0.2) is 31.2 Å². The van der Waals surface area contributed by atoms with Gasteiger partial charge in [0, 0.05) is 6.54 Å². The molecule has 1 aromatic carbocycles. The van der Waals surface area contributed by atoms with Gasteiger partial charge in [0.25, 0.3) is 10.1 Å². The SMILES string of the molecule is Cc1ccc(S(=O)(=O)O)c(CCCCNC(=O)OC(C)(C)C)c1. The van der Waals surface area contributed by atoms with Crippen LogP contribution in [0.3, 0.4) is 0 Å². The highest BCUT2D eigenvalue weighted by Crippen LogP contribution is 2.19. The molecule has 0 aliphatic heterocycles. The average molecular weight is 343 g/mol. The number of carbonyl (C=O) groups is 1. The first-order valence-corrected chi connectivity index (χ1v) is 8.97. The van der Waals surface area contributed by atoms with Gasteiger partial charge in [-0.2, -0.15) is 8.42 Å². The lowest BCUT2D eigenvalue weighted by Crippen LogP contribution is -2.33. The van der Waals surface area contributed by atoms with E-state index in [-0.39, 0.29) is 4.90 Å². The van der Waals surface area contributed by atoms with E-state index < -0.39 is 21.8 Å². The van der Waals surface area contributed by atoms with Crippen LogP contribution in [-0.2, 0) is 21.3 Å². The number of hydrogen-bond donors (Lipinski definition) is 2. The van der Waals surface area contributed by atoms with Gasteiger partial charge in [-0.25, -0.2) is 4.79 Å². The number of hydrogen-bond acceptors (Lipinski definition) is 4. The standard InChI is InChI=1S/C16H25NO5S/c1-12-8-9-14(23(19,20)21)13(11-12)7-5-6-10-17-15(18)22-16(2,3)4/h8-9,11H,5-7,10H2,1-4H3,(H,17,18)(H,19,20,21). The van der Waals surface area contributed by atoms with E-state index in [4.69, 9.17) is 4.74 Å². The molecule has 0 spiro atoms. The number of ether oxygens (including phenoxy) is 1. The van der Waals surface area contributed by atoms with Crippen molar-refractivity contribution in [3.8, 4) is 0 Å². The van der Waals surface area contributed by atoms with Gasteiger partial charge in [0.05, 0.1) is 4.90 Å². The minimum absolute atomic E-state index is 0.0526. The van der Waals surface area contributed by atoms with Gasteiger partial charge in [0.2, 0.25) is 0 Å². The smallest absolute Gasteiger partial charge is 0.407 e. The maximum Gasteiger partial charge on any atom is 0.407 e. The molecule has 1 amide bonds. The van der Waals surface area contributed by atoms with Crippen LogP contribution in [0.5, 0.6) is 0 Å². The number of carbonyl (C=O) groups excluding carboxylic acids is 1. The molecule has 0 aliphatic rings. The second kappa shape index (κ2) is 7.79. The Morgan fingerprint density at radius 2 is 1.91 bits per heavy atom. The fourth-order valence-electron chi connectivity index (χ4n) is 2.10. The van der Waals surface area contributed by atoms with E-state index in [2.05, 4.69) is 5.32 Å². The molecule has 23 heavy (non-hydrogen) atoms. The largest absolute Gasteiger partial charge is 0.444 e. The Hall–Kier alpha value is -1.60. The molecule has 7 heteroatoms. The Morgan fingerprint density at radius 3 is 2.48 bits per heavy atom. The first-order valence-electron chi connectivity index (χ1n) is 7.53. The number of alkyl carbamates (subject to hydrolysis) is 1. The molecule has 0 aliphatic carbocycles. The minimum atomic E-state index is -4.22. The number of aryl methyl sites for hydroxylation is 2. The summed E-state index contributed by atoms with van der Waals surface area (Å²) >= 11 is 0. The summed E-state index contributed by atoms with van der Waals surface area (Å²) in [5, 5.41) is 2.65. The monoisotopic (exact) mass is 343 g/mol. The number of nitrogens with one attached hydrogen (secondary N) is 1. The summed E-state index contributed by atoms with van der Waals surface area (Å²) in [5.74, 6) is 0. The Morgan fingerprint density at radius 1 is 1.26 bits per heavy atom. The summed E-state index contributed by atoms with van der Waals surface area (Å²) in [6.45, 7) is 7.69. The quantitative estimate of drug-likeness (QED) is 0.611. The third-order valence-electron chi connectivity index (χ3n) is 3.04. The van der Waals surface area contributed by atoms with Crippen LogP contribution in [0.15, 0.2) is 23.1 Å². The molecule has 0 bridgehead atoms. The highest BCUT2D eigenvalue weighted by molar-refractivity contribution is 7.85. The average Bonchev–Trinajstić information content (AvgIpc) is 2.34.